The quantitative estimate of drug-likeness (QED) is 0.729. The van der Waals surface area contributed by atoms with Gasteiger partial charge in [0.2, 0.25) is 0 Å². The molecule has 21 heavy (non-hydrogen) atoms. The Bertz CT molecular complexity index is 518. The average molecular weight is 313 g/mol. The van der Waals surface area contributed by atoms with Crippen molar-refractivity contribution in [2.24, 2.45) is 5.92 Å². The normalized spacial score (nSPS) is 13.4. The number of carbonyl (C=O) groups is 2. The van der Waals surface area contributed by atoms with Crippen LogP contribution >= 0.6 is 11.6 Å². The summed E-state index contributed by atoms with van der Waals surface area (Å²) >= 11 is 5.83. The van der Waals surface area contributed by atoms with E-state index in [2.05, 4.69) is 10.6 Å². The first-order valence-electron chi connectivity index (χ1n) is 6.83. The first-order valence-corrected chi connectivity index (χ1v) is 7.20. The van der Waals surface area contributed by atoms with Gasteiger partial charge in [-0.2, -0.15) is 0 Å². The summed E-state index contributed by atoms with van der Waals surface area (Å²) in [4.78, 5) is 23.5. The monoisotopic (exact) mass is 312 g/mol. The van der Waals surface area contributed by atoms with Crippen molar-refractivity contribution in [3.8, 4) is 0 Å². The zero-order valence-electron chi connectivity index (χ0n) is 12.4. The van der Waals surface area contributed by atoms with E-state index in [1.54, 1.807) is 32.0 Å². The lowest BCUT2D eigenvalue weighted by atomic mass is 10.0. The van der Waals surface area contributed by atoms with Crippen LogP contribution in [0.1, 0.15) is 25.8 Å². The highest BCUT2D eigenvalue weighted by Crippen LogP contribution is 2.19. The van der Waals surface area contributed by atoms with Gasteiger partial charge in [-0.05, 0) is 49.9 Å². The predicted octanol–water partition coefficient (Wildman–Crippen LogP) is 2.11. The van der Waals surface area contributed by atoms with Gasteiger partial charge in [0.15, 0.2) is 0 Å². The zero-order chi connectivity index (χ0) is 16.0. The summed E-state index contributed by atoms with van der Waals surface area (Å²) in [7, 11) is 0. The summed E-state index contributed by atoms with van der Waals surface area (Å²) < 4.78 is 0. The van der Waals surface area contributed by atoms with Gasteiger partial charge >= 0.3 is 11.8 Å². The van der Waals surface area contributed by atoms with E-state index in [1.807, 2.05) is 6.92 Å². The van der Waals surface area contributed by atoms with Crippen LogP contribution in [0.3, 0.4) is 0 Å². The second kappa shape index (κ2) is 8.00. The van der Waals surface area contributed by atoms with Gasteiger partial charge in [-0.15, -0.1) is 0 Å². The molecule has 3 N–H and O–H groups in total. The van der Waals surface area contributed by atoms with Crippen LogP contribution in [-0.2, 0) is 9.59 Å². The molecule has 2 amide bonds. The number of aliphatic hydroxyl groups is 1. The van der Waals surface area contributed by atoms with Gasteiger partial charge in [0.25, 0.3) is 0 Å². The van der Waals surface area contributed by atoms with Crippen LogP contribution in [0, 0.1) is 12.8 Å². The van der Waals surface area contributed by atoms with E-state index in [0.717, 1.165) is 5.56 Å². The summed E-state index contributed by atoms with van der Waals surface area (Å²) in [6.07, 6.45) is 0.139. The lowest BCUT2D eigenvalue weighted by Crippen LogP contribution is -2.38. The molecule has 2 atom stereocenters. The van der Waals surface area contributed by atoms with Crippen LogP contribution in [0.5, 0.6) is 0 Å². The summed E-state index contributed by atoms with van der Waals surface area (Å²) in [5, 5.41) is 14.9. The molecule has 1 aromatic carbocycles. The van der Waals surface area contributed by atoms with Crippen molar-refractivity contribution >= 4 is 29.1 Å². The molecule has 0 saturated carbocycles. The van der Waals surface area contributed by atoms with Gasteiger partial charge in [0.1, 0.15) is 0 Å². The van der Waals surface area contributed by atoms with Crippen molar-refractivity contribution < 1.29 is 14.7 Å². The number of halogens is 1. The van der Waals surface area contributed by atoms with E-state index in [9.17, 15) is 14.7 Å². The van der Waals surface area contributed by atoms with Crippen LogP contribution in [0.25, 0.3) is 0 Å². The molecule has 1 rings (SSSR count). The number of benzene rings is 1. The van der Waals surface area contributed by atoms with Gasteiger partial charge < -0.3 is 15.7 Å². The van der Waals surface area contributed by atoms with Gasteiger partial charge in [-0.25, -0.2) is 0 Å². The molecule has 0 fully saturated rings. The second-order valence-corrected chi connectivity index (χ2v) is 5.75. The molecule has 0 spiro atoms. The van der Waals surface area contributed by atoms with Crippen molar-refractivity contribution in [1.82, 2.24) is 5.32 Å². The zero-order valence-corrected chi connectivity index (χ0v) is 13.2. The Kier molecular flexibility index (Phi) is 6.65. The molecule has 0 aliphatic rings. The summed E-state index contributed by atoms with van der Waals surface area (Å²) in [5.41, 5.74) is 1.34. The number of anilines is 1. The van der Waals surface area contributed by atoms with Crippen molar-refractivity contribution in [3.63, 3.8) is 0 Å². The average Bonchev–Trinajstić information content (AvgIpc) is 2.38. The molecule has 0 aliphatic carbocycles. The van der Waals surface area contributed by atoms with E-state index in [-0.39, 0.29) is 5.92 Å². The first kappa shape index (κ1) is 17.5. The van der Waals surface area contributed by atoms with Gasteiger partial charge in [-0.3, -0.25) is 9.59 Å². The standard InChI is InChI=1S/C15H21ClN2O3/c1-9(6-11(3)19)8-17-14(20)15(21)18-13-5-4-12(16)7-10(13)2/h4-5,7,9,11,19H,6,8H2,1-3H3,(H,17,20)(H,18,21). The molecule has 0 bridgehead atoms. The highest BCUT2D eigenvalue weighted by atomic mass is 35.5. The van der Waals surface area contributed by atoms with Crippen LogP contribution < -0.4 is 10.6 Å². The van der Waals surface area contributed by atoms with E-state index in [1.165, 1.54) is 0 Å². The minimum Gasteiger partial charge on any atom is -0.393 e. The van der Waals surface area contributed by atoms with Gasteiger partial charge in [0.05, 0.1) is 6.10 Å². The molecule has 0 saturated heterocycles. The number of rotatable bonds is 5. The van der Waals surface area contributed by atoms with Crippen molar-refractivity contribution in [2.75, 3.05) is 11.9 Å². The lowest BCUT2D eigenvalue weighted by Gasteiger charge is -2.14. The summed E-state index contributed by atoms with van der Waals surface area (Å²) in [5.74, 6) is -1.31. The minimum atomic E-state index is -0.718. The molecule has 0 heterocycles. The second-order valence-electron chi connectivity index (χ2n) is 5.31. The fourth-order valence-electron chi connectivity index (χ4n) is 1.96. The maximum absolute atomic E-state index is 11.8. The molecule has 0 radical (unpaired) electrons. The first-order chi connectivity index (χ1) is 9.79. The van der Waals surface area contributed by atoms with Crippen LogP contribution in [-0.4, -0.2) is 29.6 Å². The SMILES string of the molecule is Cc1cc(Cl)ccc1NC(=O)C(=O)NCC(C)CC(C)O. The summed E-state index contributed by atoms with van der Waals surface area (Å²) in [6.45, 7) is 5.73. The Labute approximate surface area is 129 Å². The molecule has 0 aromatic heterocycles. The Hall–Kier alpha value is -1.59. The fourth-order valence-corrected chi connectivity index (χ4v) is 2.19. The number of amides is 2. The number of hydrogen-bond donors (Lipinski definition) is 3. The number of nitrogens with one attached hydrogen (secondary N) is 2. The van der Waals surface area contributed by atoms with E-state index < -0.39 is 17.9 Å². The molecule has 2 unspecified atom stereocenters. The predicted molar refractivity (Wildman–Crippen MR) is 83.3 cm³/mol. The molecular weight excluding hydrogens is 292 g/mol. The Balaban J connectivity index is 2.49. The maximum Gasteiger partial charge on any atom is 0.313 e. The summed E-state index contributed by atoms with van der Waals surface area (Å²) in [6, 6.07) is 5.01. The van der Waals surface area contributed by atoms with Crippen LogP contribution in [0.4, 0.5) is 5.69 Å². The molecule has 116 valence electrons. The van der Waals surface area contributed by atoms with E-state index in [0.29, 0.717) is 23.7 Å². The smallest absolute Gasteiger partial charge is 0.313 e. The third-order valence-corrected chi connectivity index (χ3v) is 3.23. The molecule has 0 aliphatic heterocycles. The van der Waals surface area contributed by atoms with Crippen molar-refractivity contribution in [1.29, 1.82) is 0 Å². The minimum absolute atomic E-state index is 0.0963. The Morgan fingerprint density at radius 1 is 1.29 bits per heavy atom. The van der Waals surface area contributed by atoms with E-state index in [4.69, 9.17) is 11.6 Å². The molecule has 6 heteroatoms. The molecule has 5 nitrogen and oxygen atoms in total. The van der Waals surface area contributed by atoms with Crippen LogP contribution in [0.15, 0.2) is 18.2 Å². The topological polar surface area (TPSA) is 78.4 Å². The third-order valence-electron chi connectivity index (χ3n) is 3.00. The lowest BCUT2D eigenvalue weighted by molar-refractivity contribution is -0.136. The fraction of sp³-hybridized carbons (Fsp3) is 0.467. The molecule has 1 aromatic rings. The number of aryl methyl sites for hydroxylation is 1. The highest BCUT2D eigenvalue weighted by molar-refractivity contribution is 6.39. The Morgan fingerprint density at radius 3 is 2.52 bits per heavy atom. The number of carbonyl (C=O) groups excluding carboxylic acids is 2. The van der Waals surface area contributed by atoms with E-state index >= 15 is 0 Å². The number of hydrogen-bond acceptors (Lipinski definition) is 3. The molecular formula is C15H21ClN2O3. The highest BCUT2D eigenvalue weighted by Gasteiger charge is 2.16. The number of aliphatic hydroxyl groups excluding tert-OH is 1. The largest absolute Gasteiger partial charge is 0.393 e. The maximum atomic E-state index is 11.8. The van der Waals surface area contributed by atoms with Gasteiger partial charge in [-0.1, -0.05) is 18.5 Å². The Morgan fingerprint density at radius 2 is 1.95 bits per heavy atom. The van der Waals surface area contributed by atoms with Crippen LogP contribution in [0.2, 0.25) is 5.02 Å². The third kappa shape index (κ3) is 6.14. The van der Waals surface area contributed by atoms with Gasteiger partial charge in [0, 0.05) is 17.3 Å². The van der Waals surface area contributed by atoms with Crippen molar-refractivity contribution in [2.45, 2.75) is 33.3 Å². The van der Waals surface area contributed by atoms with Crippen molar-refractivity contribution in [3.05, 3.63) is 28.8 Å².